The highest BCUT2D eigenvalue weighted by Gasteiger charge is 2.45. The van der Waals surface area contributed by atoms with Gasteiger partial charge >= 0.3 is 12.1 Å². The predicted molar refractivity (Wildman–Crippen MR) is 86.1 cm³/mol. The van der Waals surface area contributed by atoms with Crippen LogP contribution in [0.5, 0.6) is 0 Å². The molecule has 2 N–H and O–H groups in total. The largest absolute Gasteiger partial charge is 0.481 e. The third-order valence-electron chi connectivity index (χ3n) is 3.59. The average Bonchev–Trinajstić information content (AvgIpc) is 2.78. The second kappa shape index (κ2) is 6.45. The van der Waals surface area contributed by atoms with Crippen LogP contribution in [0.1, 0.15) is 44.2 Å². The Morgan fingerprint density at radius 2 is 1.96 bits per heavy atom. The Hall–Kier alpha value is -1.67. The van der Waals surface area contributed by atoms with Crippen LogP contribution >= 0.6 is 11.3 Å². The first kappa shape index (κ1) is 17.7. The van der Waals surface area contributed by atoms with Gasteiger partial charge in [-0.2, -0.15) is 0 Å². The monoisotopic (exact) mass is 342 g/mol. The Morgan fingerprint density at radius 1 is 1.35 bits per heavy atom. The minimum Gasteiger partial charge on any atom is -0.481 e. The molecular formula is C15H22N2O5S. The molecule has 1 aliphatic heterocycles. The summed E-state index contributed by atoms with van der Waals surface area (Å²) in [4.78, 5) is 28.6. The Morgan fingerprint density at radius 3 is 2.48 bits per heavy atom. The number of thiazole rings is 1. The van der Waals surface area contributed by atoms with E-state index in [-0.39, 0.29) is 0 Å². The summed E-state index contributed by atoms with van der Waals surface area (Å²) in [6.07, 6.45) is 0.197. The van der Waals surface area contributed by atoms with Crippen LogP contribution in [0.3, 0.4) is 0 Å². The average molecular weight is 342 g/mol. The van der Waals surface area contributed by atoms with Crippen molar-refractivity contribution in [1.82, 2.24) is 4.98 Å². The molecule has 1 aliphatic rings. The maximum atomic E-state index is 11.9. The number of aryl methyl sites for hydroxylation is 1. The van der Waals surface area contributed by atoms with Crippen molar-refractivity contribution in [1.29, 1.82) is 0 Å². The number of amides is 1. The third-order valence-corrected chi connectivity index (χ3v) is 4.87. The van der Waals surface area contributed by atoms with E-state index in [0.29, 0.717) is 41.8 Å². The van der Waals surface area contributed by atoms with E-state index in [1.165, 1.54) is 11.3 Å². The van der Waals surface area contributed by atoms with Gasteiger partial charge in [-0.05, 0) is 40.5 Å². The van der Waals surface area contributed by atoms with Crippen molar-refractivity contribution in [2.75, 3.05) is 18.5 Å². The highest BCUT2D eigenvalue weighted by atomic mass is 32.1. The van der Waals surface area contributed by atoms with Crippen molar-refractivity contribution >= 4 is 28.5 Å². The molecule has 0 aliphatic carbocycles. The number of aromatic nitrogens is 1. The Bertz CT molecular complexity index is 599. The number of hydrogen-bond donors (Lipinski definition) is 2. The van der Waals surface area contributed by atoms with Crippen molar-refractivity contribution in [3.63, 3.8) is 0 Å². The zero-order valence-corrected chi connectivity index (χ0v) is 14.6. The predicted octanol–water partition coefficient (Wildman–Crippen LogP) is 2.93. The SMILES string of the molecule is Cc1nc(NC(=O)OC(C)(C)C)sc1C1(C(=O)O)CCOCC1. The van der Waals surface area contributed by atoms with Gasteiger partial charge in [0, 0.05) is 18.1 Å². The number of aliphatic carboxylic acids is 1. The molecule has 0 aromatic carbocycles. The highest BCUT2D eigenvalue weighted by Crippen LogP contribution is 2.41. The molecule has 1 saturated heterocycles. The standard InChI is InChI=1S/C15H22N2O5S/c1-9-10(15(11(18)19)5-7-21-8-6-15)23-12(16-9)17-13(20)22-14(2,3)4/h5-8H2,1-4H3,(H,18,19)(H,16,17,20). The topological polar surface area (TPSA) is 97.8 Å². The van der Waals surface area contributed by atoms with Crippen molar-refractivity contribution in [3.05, 3.63) is 10.6 Å². The molecule has 128 valence electrons. The molecular weight excluding hydrogens is 320 g/mol. The molecule has 1 aromatic heterocycles. The first-order valence-corrected chi connectivity index (χ1v) is 8.25. The molecule has 0 bridgehead atoms. The summed E-state index contributed by atoms with van der Waals surface area (Å²) in [5.74, 6) is -0.878. The maximum absolute atomic E-state index is 11.9. The second-order valence-corrected chi connectivity index (χ2v) is 7.56. The Balaban J connectivity index is 2.23. The van der Waals surface area contributed by atoms with Gasteiger partial charge in [0.1, 0.15) is 11.0 Å². The number of ether oxygens (including phenoxy) is 2. The van der Waals surface area contributed by atoms with Gasteiger partial charge in [0.15, 0.2) is 5.13 Å². The van der Waals surface area contributed by atoms with Crippen molar-refractivity contribution in [2.24, 2.45) is 0 Å². The van der Waals surface area contributed by atoms with E-state index in [0.717, 1.165) is 0 Å². The van der Waals surface area contributed by atoms with Crippen molar-refractivity contribution < 1.29 is 24.2 Å². The van der Waals surface area contributed by atoms with Gasteiger partial charge in [0.05, 0.1) is 5.69 Å². The highest BCUT2D eigenvalue weighted by molar-refractivity contribution is 7.16. The zero-order chi connectivity index (χ0) is 17.3. The van der Waals surface area contributed by atoms with Crippen molar-refractivity contribution in [2.45, 2.75) is 51.6 Å². The van der Waals surface area contributed by atoms with Crippen LogP contribution in [0, 0.1) is 6.92 Å². The van der Waals surface area contributed by atoms with Gasteiger partial charge in [-0.3, -0.25) is 10.1 Å². The lowest BCUT2D eigenvalue weighted by molar-refractivity contribution is -0.147. The fraction of sp³-hybridized carbons (Fsp3) is 0.667. The lowest BCUT2D eigenvalue weighted by Gasteiger charge is -2.32. The van der Waals surface area contributed by atoms with E-state index >= 15 is 0 Å². The molecule has 8 heteroatoms. The molecule has 0 atom stereocenters. The van der Waals surface area contributed by atoms with E-state index < -0.39 is 23.1 Å². The van der Waals surface area contributed by atoms with Crippen LogP contribution in [0.15, 0.2) is 0 Å². The fourth-order valence-electron chi connectivity index (χ4n) is 2.54. The van der Waals surface area contributed by atoms with Crippen molar-refractivity contribution in [3.8, 4) is 0 Å². The summed E-state index contributed by atoms with van der Waals surface area (Å²) >= 11 is 1.19. The quantitative estimate of drug-likeness (QED) is 0.876. The first-order valence-electron chi connectivity index (χ1n) is 7.43. The van der Waals surface area contributed by atoms with Gasteiger partial charge in [0.25, 0.3) is 0 Å². The molecule has 2 rings (SSSR count). The zero-order valence-electron chi connectivity index (χ0n) is 13.8. The first-order chi connectivity index (χ1) is 10.6. The Labute approximate surface area is 139 Å². The third kappa shape index (κ3) is 4.00. The van der Waals surface area contributed by atoms with E-state index in [4.69, 9.17) is 9.47 Å². The summed E-state index contributed by atoms with van der Waals surface area (Å²) in [5.41, 5.74) is -0.985. The van der Waals surface area contributed by atoms with Crippen LogP contribution in [-0.4, -0.2) is 41.0 Å². The van der Waals surface area contributed by atoms with Gasteiger partial charge in [-0.25, -0.2) is 9.78 Å². The fourth-order valence-corrected chi connectivity index (χ4v) is 3.73. The van der Waals surface area contributed by atoms with E-state index in [9.17, 15) is 14.7 Å². The number of anilines is 1. The lowest BCUT2D eigenvalue weighted by atomic mass is 9.78. The molecule has 0 spiro atoms. The molecule has 2 heterocycles. The van der Waals surface area contributed by atoms with Crippen LogP contribution in [-0.2, 0) is 19.7 Å². The minimum absolute atomic E-state index is 0.346. The van der Waals surface area contributed by atoms with E-state index in [1.54, 1.807) is 27.7 Å². The summed E-state index contributed by atoms with van der Waals surface area (Å²) in [6.45, 7) is 7.87. The molecule has 1 fully saturated rings. The summed E-state index contributed by atoms with van der Waals surface area (Å²) in [6, 6.07) is 0. The molecule has 1 aromatic rings. The number of nitrogens with one attached hydrogen (secondary N) is 1. The molecule has 23 heavy (non-hydrogen) atoms. The smallest absolute Gasteiger partial charge is 0.413 e. The molecule has 7 nitrogen and oxygen atoms in total. The molecule has 1 amide bonds. The van der Waals surface area contributed by atoms with Gasteiger partial charge < -0.3 is 14.6 Å². The summed E-state index contributed by atoms with van der Waals surface area (Å²) in [5, 5.41) is 12.6. The summed E-state index contributed by atoms with van der Waals surface area (Å²) in [7, 11) is 0. The minimum atomic E-state index is -0.992. The number of carbonyl (C=O) groups is 2. The van der Waals surface area contributed by atoms with Crippen LogP contribution < -0.4 is 5.32 Å². The van der Waals surface area contributed by atoms with Gasteiger partial charge in [-0.1, -0.05) is 0 Å². The number of rotatable bonds is 3. The second-order valence-electron chi connectivity index (χ2n) is 6.56. The number of carbonyl (C=O) groups excluding carboxylic acids is 1. The van der Waals surface area contributed by atoms with Crippen LogP contribution in [0.25, 0.3) is 0 Å². The van der Waals surface area contributed by atoms with E-state index in [1.807, 2.05) is 0 Å². The molecule has 0 saturated carbocycles. The van der Waals surface area contributed by atoms with Gasteiger partial charge in [-0.15, -0.1) is 11.3 Å². The lowest BCUT2D eigenvalue weighted by Crippen LogP contribution is -2.41. The number of carboxylic acids is 1. The maximum Gasteiger partial charge on any atom is 0.413 e. The number of nitrogens with zero attached hydrogens (tertiary/aromatic N) is 1. The van der Waals surface area contributed by atoms with Crippen LogP contribution in [0.4, 0.5) is 9.93 Å². The Kier molecular flexibility index (Phi) is 4.95. The molecule has 0 radical (unpaired) electrons. The van der Waals surface area contributed by atoms with Crippen LogP contribution in [0.2, 0.25) is 0 Å². The van der Waals surface area contributed by atoms with E-state index in [2.05, 4.69) is 10.3 Å². The molecule has 0 unspecified atom stereocenters. The van der Waals surface area contributed by atoms with Gasteiger partial charge in [0.2, 0.25) is 0 Å². The number of carboxylic acid groups (broad SMARTS) is 1. The normalized spacial score (nSPS) is 17.6. The summed E-state index contributed by atoms with van der Waals surface area (Å²) < 4.78 is 10.5. The number of hydrogen-bond acceptors (Lipinski definition) is 6.